The number of hydrogen-bond donors (Lipinski definition) is 1. The van der Waals surface area contributed by atoms with Crippen molar-refractivity contribution in [1.29, 1.82) is 0 Å². The summed E-state index contributed by atoms with van der Waals surface area (Å²) in [5.41, 5.74) is 2.14. The molecule has 0 aliphatic heterocycles. The number of methoxy groups -OCH3 is 2. The van der Waals surface area contributed by atoms with Gasteiger partial charge in [-0.2, -0.15) is 4.31 Å². The summed E-state index contributed by atoms with van der Waals surface area (Å²) >= 11 is 1.37. The van der Waals surface area contributed by atoms with Gasteiger partial charge >= 0.3 is 0 Å². The molecule has 1 heterocycles. The van der Waals surface area contributed by atoms with Crippen LogP contribution in [0.25, 0.3) is 11.3 Å². The van der Waals surface area contributed by atoms with E-state index < -0.39 is 14.9 Å². The smallest absolute Gasteiger partial charge is 0.269 e. The summed E-state index contributed by atoms with van der Waals surface area (Å²) < 4.78 is 37.4. The molecule has 1 N–H and O–H groups in total. The van der Waals surface area contributed by atoms with Crippen LogP contribution in [0.2, 0.25) is 0 Å². The van der Waals surface area contributed by atoms with E-state index in [0.29, 0.717) is 16.5 Å². The van der Waals surface area contributed by atoms with Crippen LogP contribution in [0.4, 0.5) is 16.5 Å². The van der Waals surface area contributed by atoms with E-state index in [4.69, 9.17) is 9.47 Å². The highest BCUT2D eigenvalue weighted by Crippen LogP contribution is 2.29. The number of benzene rings is 2. The minimum atomic E-state index is -3.69. The number of nitro groups is 1. The number of anilines is 2. The zero-order valence-electron chi connectivity index (χ0n) is 18.1. The molecule has 0 bridgehead atoms. The number of aromatic nitrogens is 1. The van der Waals surface area contributed by atoms with Gasteiger partial charge in [0.05, 0.1) is 28.7 Å². The molecule has 0 fully saturated rings. The summed E-state index contributed by atoms with van der Waals surface area (Å²) in [5.74, 6) is 0. The number of non-ortho nitro benzene ring substituents is 1. The first-order valence-electron chi connectivity index (χ1n) is 9.90. The highest BCUT2D eigenvalue weighted by Gasteiger charge is 2.24. The molecule has 0 spiro atoms. The third-order valence-electron chi connectivity index (χ3n) is 4.71. The fraction of sp³-hybridized carbons (Fsp3) is 0.286. The average molecular weight is 493 g/mol. The van der Waals surface area contributed by atoms with Crippen LogP contribution in [0.5, 0.6) is 0 Å². The van der Waals surface area contributed by atoms with E-state index in [9.17, 15) is 18.5 Å². The van der Waals surface area contributed by atoms with E-state index >= 15 is 0 Å². The predicted octanol–water partition coefficient (Wildman–Crippen LogP) is 3.75. The van der Waals surface area contributed by atoms with Gasteiger partial charge in [0.1, 0.15) is 0 Å². The molecule has 176 valence electrons. The maximum absolute atomic E-state index is 13.0. The second-order valence-electron chi connectivity index (χ2n) is 6.88. The molecule has 12 heteroatoms. The van der Waals surface area contributed by atoms with Crippen LogP contribution >= 0.6 is 11.3 Å². The fourth-order valence-corrected chi connectivity index (χ4v) is 5.09. The Morgan fingerprint density at radius 3 is 2.18 bits per heavy atom. The van der Waals surface area contributed by atoms with Crippen molar-refractivity contribution < 1.29 is 22.8 Å². The highest BCUT2D eigenvalue weighted by atomic mass is 32.2. The number of nitrogens with zero attached hydrogens (tertiary/aromatic N) is 3. The van der Waals surface area contributed by atoms with Crippen molar-refractivity contribution in [3.05, 3.63) is 64.0 Å². The minimum Gasteiger partial charge on any atom is -0.383 e. The van der Waals surface area contributed by atoms with Crippen molar-refractivity contribution in [2.75, 3.05) is 45.8 Å². The summed E-state index contributed by atoms with van der Waals surface area (Å²) in [5, 5.41) is 16.3. The lowest BCUT2D eigenvalue weighted by atomic mass is 10.2. The van der Waals surface area contributed by atoms with Gasteiger partial charge in [0.15, 0.2) is 5.13 Å². The van der Waals surface area contributed by atoms with Gasteiger partial charge in [0, 0.05) is 56.1 Å². The standard InChI is InChI=1S/C21H24N4O6S2/c1-30-13-11-24(12-14-31-2)33(28,29)19-9-3-16(4-10-19)20-15-32-21(23-20)22-17-5-7-18(8-6-17)25(26)27/h3-10,15H,11-14H2,1-2H3,(H,22,23). The summed E-state index contributed by atoms with van der Waals surface area (Å²) in [6, 6.07) is 12.6. The monoisotopic (exact) mass is 492 g/mol. The predicted molar refractivity (Wildman–Crippen MR) is 126 cm³/mol. The normalized spacial score (nSPS) is 11.6. The molecule has 0 atom stereocenters. The summed E-state index contributed by atoms with van der Waals surface area (Å²) in [6.45, 7) is 1.02. The first-order chi connectivity index (χ1) is 15.8. The van der Waals surface area contributed by atoms with Gasteiger partial charge in [-0.05, 0) is 24.3 Å². The van der Waals surface area contributed by atoms with E-state index in [-0.39, 0.29) is 36.9 Å². The molecule has 33 heavy (non-hydrogen) atoms. The van der Waals surface area contributed by atoms with Crippen molar-refractivity contribution in [1.82, 2.24) is 9.29 Å². The molecule has 1 aromatic heterocycles. The van der Waals surface area contributed by atoms with Gasteiger partial charge in [0.2, 0.25) is 10.0 Å². The fourth-order valence-electron chi connectivity index (χ4n) is 2.94. The SMILES string of the molecule is COCCN(CCOC)S(=O)(=O)c1ccc(-c2csc(Nc3ccc([N+](=O)[O-])cc3)n2)cc1. The van der Waals surface area contributed by atoms with Crippen molar-refractivity contribution in [3.63, 3.8) is 0 Å². The van der Waals surface area contributed by atoms with Gasteiger partial charge in [-0.1, -0.05) is 12.1 Å². The largest absolute Gasteiger partial charge is 0.383 e. The maximum atomic E-state index is 13.0. The van der Waals surface area contributed by atoms with Crippen LogP contribution < -0.4 is 5.32 Å². The average Bonchev–Trinajstić information content (AvgIpc) is 3.28. The summed E-state index contributed by atoms with van der Waals surface area (Å²) in [7, 11) is -0.650. The number of rotatable bonds is 12. The maximum Gasteiger partial charge on any atom is 0.269 e. The minimum absolute atomic E-state index is 0.0124. The van der Waals surface area contributed by atoms with E-state index in [2.05, 4.69) is 10.3 Å². The van der Waals surface area contributed by atoms with Gasteiger partial charge < -0.3 is 14.8 Å². The Bertz CT molecular complexity index is 1160. The van der Waals surface area contributed by atoms with Gasteiger partial charge in [-0.15, -0.1) is 11.3 Å². The third-order valence-corrected chi connectivity index (χ3v) is 7.38. The number of thiazole rings is 1. The zero-order valence-corrected chi connectivity index (χ0v) is 19.8. The van der Waals surface area contributed by atoms with E-state index in [1.54, 1.807) is 36.4 Å². The Kier molecular flexibility index (Phi) is 8.47. The molecular weight excluding hydrogens is 468 g/mol. The molecule has 2 aromatic carbocycles. The van der Waals surface area contributed by atoms with E-state index in [1.807, 2.05) is 5.38 Å². The lowest BCUT2D eigenvalue weighted by Gasteiger charge is -2.21. The second-order valence-corrected chi connectivity index (χ2v) is 9.68. The Hall–Kier alpha value is -2.90. The van der Waals surface area contributed by atoms with Crippen molar-refractivity contribution in [2.24, 2.45) is 0 Å². The molecule has 0 saturated carbocycles. The Morgan fingerprint density at radius 1 is 1.03 bits per heavy atom. The highest BCUT2D eigenvalue weighted by molar-refractivity contribution is 7.89. The third kappa shape index (κ3) is 6.33. The molecule has 3 aromatic rings. The van der Waals surface area contributed by atoms with Crippen molar-refractivity contribution in [2.45, 2.75) is 4.90 Å². The molecule has 0 amide bonds. The second kappa shape index (κ2) is 11.3. The summed E-state index contributed by atoms with van der Waals surface area (Å²) in [4.78, 5) is 15.0. The Morgan fingerprint density at radius 2 is 1.64 bits per heavy atom. The van der Waals surface area contributed by atoms with Crippen LogP contribution in [0.15, 0.2) is 58.8 Å². The van der Waals surface area contributed by atoms with Gasteiger partial charge in [0.25, 0.3) is 5.69 Å². The number of hydrogen-bond acceptors (Lipinski definition) is 9. The molecule has 10 nitrogen and oxygen atoms in total. The van der Waals surface area contributed by atoms with Crippen molar-refractivity contribution >= 4 is 37.9 Å². The molecule has 3 rings (SSSR count). The Balaban J connectivity index is 1.73. The number of ether oxygens (including phenoxy) is 2. The molecular formula is C21H24N4O6S2. The number of sulfonamides is 1. The van der Waals surface area contributed by atoms with Gasteiger partial charge in [-0.25, -0.2) is 13.4 Å². The van der Waals surface area contributed by atoms with Gasteiger partial charge in [-0.3, -0.25) is 10.1 Å². The van der Waals surface area contributed by atoms with Crippen LogP contribution in [0.3, 0.4) is 0 Å². The van der Waals surface area contributed by atoms with Crippen molar-refractivity contribution in [3.8, 4) is 11.3 Å². The number of nitro benzene ring substituents is 1. The zero-order chi connectivity index (χ0) is 23.8. The first-order valence-corrected chi connectivity index (χ1v) is 12.2. The number of nitrogens with one attached hydrogen (secondary N) is 1. The van der Waals surface area contributed by atoms with Crippen LogP contribution in [0.1, 0.15) is 0 Å². The van der Waals surface area contributed by atoms with Crippen LogP contribution in [0, 0.1) is 10.1 Å². The first kappa shape index (κ1) is 24.7. The molecule has 0 aliphatic rings. The molecule has 0 saturated heterocycles. The van der Waals surface area contributed by atoms with E-state index in [0.717, 1.165) is 5.56 Å². The topological polar surface area (TPSA) is 124 Å². The molecule has 0 unspecified atom stereocenters. The lowest BCUT2D eigenvalue weighted by Crippen LogP contribution is -2.36. The molecule has 0 aliphatic carbocycles. The quantitative estimate of drug-likeness (QED) is 0.299. The molecule has 0 radical (unpaired) electrons. The lowest BCUT2D eigenvalue weighted by molar-refractivity contribution is -0.384. The van der Waals surface area contributed by atoms with E-state index in [1.165, 1.54) is 42.0 Å². The Labute approximate surface area is 196 Å². The van der Waals surface area contributed by atoms with Crippen LogP contribution in [-0.4, -0.2) is 63.2 Å². The summed E-state index contributed by atoms with van der Waals surface area (Å²) in [6.07, 6.45) is 0. The van der Waals surface area contributed by atoms with Crippen LogP contribution in [-0.2, 0) is 19.5 Å².